The third-order valence-electron chi connectivity index (χ3n) is 2.76. The third kappa shape index (κ3) is 3.35. The molecule has 2 aromatic carbocycles. The quantitative estimate of drug-likeness (QED) is 0.874. The molecule has 0 radical (unpaired) electrons. The Balaban J connectivity index is 2.46. The predicted octanol–water partition coefficient (Wildman–Crippen LogP) is 3.74. The summed E-state index contributed by atoms with van der Waals surface area (Å²) in [5, 5.41) is 0.514. The largest absolute Gasteiger partial charge is 0.495 e. The molecule has 0 aliphatic heterocycles. The summed E-state index contributed by atoms with van der Waals surface area (Å²) in [5.41, 5.74) is 2.60. The molecule has 0 saturated heterocycles. The molecule has 0 aliphatic rings. The summed E-state index contributed by atoms with van der Waals surface area (Å²) in [7, 11) is 1.56. The van der Waals surface area contributed by atoms with Gasteiger partial charge in [0.25, 0.3) is 0 Å². The van der Waals surface area contributed by atoms with Gasteiger partial charge in [0.05, 0.1) is 17.9 Å². The molecule has 0 saturated carbocycles. The van der Waals surface area contributed by atoms with Crippen molar-refractivity contribution in [1.29, 1.82) is 0 Å². The molecule has 19 heavy (non-hydrogen) atoms. The lowest BCUT2D eigenvalue weighted by atomic mass is 10.0. The van der Waals surface area contributed by atoms with Gasteiger partial charge in [-0.25, -0.2) is 4.21 Å². The standard InChI is InChI=1S/C14H13ClO3S/c1-18-14-7-6-10(8-13(14)15)12-5-3-2-4-11(12)9-19(16)17/h2-8H,9H2,1H3,(H,16,17). The molecule has 2 rings (SSSR count). The molecule has 5 heteroatoms. The van der Waals surface area contributed by atoms with E-state index in [1.54, 1.807) is 19.2 Å². The average molecular weight is 297 g/mol. The van der Waals surface area contributed by atoms with Gasteiger partial charge in [0.2, 0.25) is 0 Å². The van der Waals surface area contributed by atoms with E-state index >= 15 is 0 Å². The van der Waals surface area contributed by atoms with E-state index in [0.717, 1.165) is 16.7 Å². The summed E-state index contributed by atoms with van der Waals surface area (Å²) >= 11 is 4.23. The minimum atomic E-state index is -1.87. The van der Waals surface area contributed by atoms with Gasteiger partial charge in [0.1, 0.15) is 5.75 Å². The van der Waals surface area contributed by atoms with Crippen molar-refractivity contribution in [2.24, 2.45) is 0 Å². The molecule has 1 atom stereocenters. The smallest absolute Gasteiger partial charge is 0.157 e. The molecular weight excluding hydrogens is 284 g/mol. The molecular formula is C14H13ClO3S. The zero-order valence-electron chi connectivity index (χ0n) is 10.3. The lowest BCUT2D eigenvalue weighted by Crippen LogP contribution is -1.96. The maximum absolute atomic E-state index is 11.0. The van der Waals surface area contributed by atoms with E-state index in [2.05, 4.69) is 0 Å². The van der Waals surface area contributed by atoms with Crippen LogP contribution in [0.25, 0.3) is 11.1 Å². The highest BCUT2D eigenvalue weighted by molar-refractivity contribution is 7.78. The van der Waals surface area contributed by atoms with Crippen LogP contribution in [0.3, 0.4) is 0 Å². The molecule has 0 aliphatic carbocycles. The Morgan fingerprint density at radius 3 is 2.63 bits per heavy atom. The fourth-order valence-corrected chi connectivity index (χ4v) is 2.67. The summed E-state index contributed by atoms with van der Waals surface area (Å²) in [6, 6.07) is 12.9. The van der Waals surface area contributed by atoms with E-state index in [4.69, 9.17) is 20.9 Å². The summed E-state index contributed by atoms with van der Waals surface area (Å²) in [4.78, 5) is 0. The van der Waals surface area contributed by atoms with Gasteiger partial charge in [-0.1, -0.05) is 41.9 Å². The number of ether oxygens (including phenoxy) is 1. The highest BCUT2D eigenvalue weighted by Crippen LogP contribution is 2.32. The number of hydrogen-bond acceptors (Lipinski definition) is 2. The molecule has 2 aromatic rings. The Morgan fingerprint density at radius 1 is 1.26 bits per heavy atom. The van der Waals surface area contributed by atoms with Crippen molar-refractivity contribution in [2.75, 3.05) is 7.11 Å². The Kier molecular flexibility index (Phi) is 4.58. The molecule has 0 aromatic heterocycles. The summed E-state index contributed by atoms with van der Waals surface area (Å²) < 4.78 is 25.1. The van der Waals surface area contributed by atoms with Gasteiger partial charge in [-0.3, -0.25) is 0 Å². The molecule has 0 bridgehead atoms. The van der Waals surface area contributed by atoms with Gasteiger partial charge in [-0.05, 0) is 28.8 Å². The maximum Gasteiger partial charge on any atom is 0.157 e. The zero-order valence-corrected chi connectivity index (χ0v) is 11.9. The van der Waals surface area contributed by atoms with Crippen molar-refractivity contribution in [3.05, 3.63) is 53.1 Å². The number of methoxy groups -OCH3 is 1. The zero-order chi connectivity index (χ0) is 13.8. The van der Waals surface area contributed by atoms with Crippen LogP contribution >= 0.6 is 11.6 Å². The SMILES string of the molecule is COc1ccc(-c2ccccc2CS(=O)O)cc1Cl. The molecule has 3 nitrogen and oxygen atoms in total. The van der Waals surface area contributed by atoms with Gasteiger partial charge < -0.3 is 9.29 Å². The first-order chi connectivity index (χ1) is 9.11. The lowest BCUT2D eigenvalue weighted by Gasteiger charge is -2.10. The van der Waals surface area contributed by atoms with Gasteiger partial charge >= 0.3 is 0 Å². The number of benzene rings is 2. The van der Waals surface area contributed by atoms with E-state index < -0.39 is 11.1 Å². The highest BCUT2D eigenvalue weighted by atomic mass is 35.5. The number of hydrogen-bond donors (Lipinski definition) is 1. The molecule has 0 heterocycles. The Labute approximate surface area is 119 Å². The number of rotatable bonds is 4. The van der Waals surface area contributed by atoms with Gasteiger partial charge in [0, 0.05) is 0 Å². The topological polar surface area (TPSA) is 46.5 Å². The minimum absolute atomic E-state index is 0.0970. The summed E-state index contributed by atoms with van der Waals surface area (Å²) in [6.07, 6.45) is 0. The van der Waals surface area contributed by atoms with Crippen LogP contribution < -0.4 is 4.74 Å². The van der Waals surface area contributed by atoms with Crippen molar-refractivity contribution in [1.82, 2.24) is 0 Å². The molecule has 0 fully saturated rings. The second-order valence-electron chi connectivity index (χ2n) is 3.97. The predicted molar refractivity (Wildman–Crippen MR) is 77.9 cm³/mol. The van der Waals surface area contributed by atoms with Crippen LogP contribution in [-0.4, -0.2) is 15.9 Å². The van der Waals surface area contributed by atoms with Crippen LogP contribution in [0.2, 0.25) is 5.02 Å². The van der Waals surface area contributed by atoms with E-state index in [1.165, 1.54) is 0 Å². The second-order valence-corrected chi connectivity index (χ2v) is 5.31. The van der Waals surface area contributed by atoms with E-state index in [0.29, 0.717) is 10.8 Å². The molecule has 0 amide bonds. The fraction of sp³-hybridized carbons (Fsp3) is 0.143. The average Bonchev–Trinajstić information content (AvgIpc) is 2.38. The van der Waals surface area contributed by atoms with E-state index in [9.17, 15) is 4.21 Å². The summed E-state index contributed by atoms with van der Waals surface area (Å²) in [6.45, 7) is 0. The summed E-state index contributed by atoms with van der Waals surface area (Å²) in [5.74, 6) is 0.702. The number of halogens is 1. The first kappa shape index (κ1) is 14.1. The Hall–Kier alpha value is -1.36. The first-order valence-electron chi connectivity index (χ1n) is 5.61. The van der Waals surface area contributed by atoms with Gasteiger partial charge in [-0.2, -0.15) is 0 Å². The molecule has 0 spiro atoms. The normalized spacial score (nSPS) is 12.2. The third-order valence-corrected chi connectivity index (χ3v) is 3.61. The van der Waals surface area contributed by atoms with E-state index in [1.807, 2.05) is 30.3 Å². The first-order valence-corrected chi connectivity index (χ1v) is 7.26. The molecule has 1 N–H and O–H groups in total. The molecule has 100 valence electrons. The molecule has 1 unspecified atom stereocenters. The van der Waals surface area contributed by atoms with Crippen molar-refractivity contribution in [3.63, 3.8) is 0 Å². The van der Waals surface area contributed by atoms with Crippen molar-refractivity contribution < 1.29 is 13.5 Å². The van der Waals surface area contributed by atoms with Crippen LogP contribution in [0.5, 0.6) is 5.75 Å². The maximum atomic E-state index is 11.0. The van der Waals surface area contributed by atoms with Crippen LogP contribution in [0, 0.1) is 0 Å². The van der Waals surface area contributed by atoms with Crippen molar-refractivity contribution in [3.8, 4) is 16.9 Å². The fourth-order valence-electron chi connectivity index (χ4n) is 1.89. The van der Waals surface area contributed by atoms with Crippen LogP contribution in [0.15, 0.2) is 42.5 Å². The minimum Gasteiger partial charge on any atom is -0.495 e. The van der Waals surface area contributed by atoms with Crippen molar-refractivity contribution >= 4 is 22.7 Å². The highest BCUT2D eigenvalue weighted by Gasteiger charge is 2.09. The monoisotopic (exact) mass is 296 g/mol. The lowest BCUT2D eigenvalue weighted by molar-refractivity contribution is 0.415. The van der Waals surface area contributed by atoms with Crippen molar-refractivity contribution in [2.45, 2.75) is 5.75 Å². The Morgan fingerprint density at radius 2 is 2.00 bits per heavy atom. The second kappa shape index (κ2) is 6.19. The Bertz CT molecular complexity index is 613. The van der Waals surface area contributed by atoms with Gasteiger partial charge in [-0.15, -0.1) is 0 Å². The van der Waals surface area contributed by atoms with Crippen LogP contribution in [-0.2, 0) is 16.8 Å². The van der Waals surface area contributed by atoms with Crippen LogP contribution in [0.4, 0.5) is 0 Å². The van der Waals surface area contributed by atoms with E-state index in [-0.39, 0.29) is 5.75 Å². The van der Waals surface area contributed by atoms with Crippen LogP contribution in [0.1, 0.15) is 5.56 Å². The van der Waals surface area contributed by atoms with Gasteiger partial charge in [0.15, 0.2) is 11.1 Å².